The van der Waals surface area contributed by atoms with Crippen LogP contribution >= 0.6 is 0 Å². The molecule has 2 N–H and O–H groups in total. The second-order valence-electron chi connectivity index (χ2n) is 8.50. The van der Waals surface area contributed by atoms with Crippen LogP contribution in [0.2, 0.25) is 0 Å². The van der Waals surface area contributed by atoms with Crippen molar-refractivity contribution in [3.63, 3.8) is 0 Å². The van der Waals surface area contributed by atoms with E-state index in [-0.39, 0.29) is 12.3 Å². The molecule has 174 valence electrons. The molecule has 1 aromatic carbocycles. The van der Waals surface area contributed by atoms with Gasteiger partial charge in [-0.2, -0.15) is 10.2 Å². The van der Waals surface area contributed by atoms with Crippen molar-refractivity contribution in [2.45, 2.75) is 44.8 Å². The average molecular weight is 443 g/mol. The van der Waals surface area contributed by atoms with Gasteiger partial charge in [-0.05, 0) is 39.0 Å². The molecule has 0 aromatic heterocycles. The van der Waals surface area contributed by atoms with Crippen LogP contribution in [0.4, 0.5) is 5.69 Å². The van der Waals surface area contributed by atoms with E-state index < -0.39 is 11.2 Å². The number of likely N-dealkylation sites (N-methyl/N-ethyl adjacent to an activating group) is 1. The molecule has 32 heavy (non-hydrogen) atoms. The second kappa shape index (κ2) is 10.7. The van der Waals surface area contributed by atoms with Gasteiger partial charge in [0.1, 0.15) is 0 Å². The number of anilines is 1. The van der Waals surface area contributed by atoms with E-state index >= 15 is 0 Å². The van der Waals surface area contributed by atoms with Gasteiger partial charge in [-0.15, -0.1) is 0 Å². The quantitative estimate of drug-likeness (QED) is 0.327. The summed E-state index contributed by atoms with van der Waals surface area (Å²) >= 11 is 0. The first-order valence-electron chi connectivity index (χ1n) is 10.6. The average Bonchev–Trinajstić information content (AvgIpc) is 2.98. The van der Waals surface area contributed by atoms with Crippen LogP contribution in [0.15, 0.2) is 41.6 Å². The summed E-state index contributed by atoms with van der Waals surface area (Å²) in [6, 6.07) is 7.27. The maximum Gasteiger partial charge on any atom is 0.267 e. The van der Waals surface area contributed by atoms with Crippen molar-refractivity contribution in [1.82, 2.24) is 9.96 Å². The standard InChI is InChI=1S/C24H34N4O4/c1-7-32-27(18-23(3,4)30)15-12-19(2)28(25-5)21-10-8-9-20(17-21)11-13-24(31)14-16-26(6)22(24)29/h8-10,17,30-31H,2,5,7,12,14-16,18H2,1,3-4,6H3/t24-/m0/s1. The SMILES string of the molecule is C=NN(C(=C)CCN(CC(C)(C)O)OCC)c1cccc(C#C[C@]2(O)CCN(C)C2=O)c1. The maximum atomic E-state index is 12.1. The van der Waals surface area contributed by atoms with Crippen molar-refractivity contribution < 1.29 is 19.8 Å². The fourth-order valence-electron chi connectivity index (χ4n) is 3.39. The fraction of sp³-hybridized carbons (Fsp3) is 0.500. The van der Waals surface area contributed by atoms with Gasteiger partial charge in [-0.1, -0.05) is 24.5 Å². The Labute approximate surface area is 190 Å². The summed E-state index contributed by atoms with van der Waals surface area (Å²) in [5, 5.41) is 28.0. The lowest BCUT2D eigenvalue weighted by molar-refractivity contribution is -0.180. The molecular weight excluding hydrogens is 408 g/mol. The van der Waals surface area contributed by atoms with Crippen molar-refractivity contribution in [2.24, 2.45) is 5.10 Å². The lowest BCUT2D eigenvalue weighted by Gasteiger charge is -2.29. The molecule has 2 rings (SSSR count). The van der Waals surface area contributed by atoms with Crippen LogP contribution in [-0.4, -0.2) is 77.3 Å². The number of hydrazone groups is 1. The number of carbonyl (C=O) groups excluding carboxylic acids is 1. The first-order chi connectivity index (χ1) is 15.0. The highest BCUT2D eigenvalue weighted by atomic mass is 16.7. The third-order valence-electron chi connectivity index (χ3n) is 4.98. The van der Waals surface area contributed by atoms with Gasteiger partial charge in [-0.3, -0.25) is 9.63 Å². The third-order valence-corrected chi connectivity index (χ3v) is 4.98. The molecule has 0 spiro atoms. The molecule has 0 saturated carbocycles. The van der Waals surface area contributed by atoms with E-state index in [0.29, 0.717) is 49.6 Å². The maximum absolute atomic E-state index is 12.1. The molecular formula is C24H34N4O4. The molecule has 0 radical (unpaired) electrons. The molecule has 0 aliphatic carbocycles. The van der Waals surface area contributed by atoms with Crippen LogP contribution in [0.5, 0.6) is 0 Å². The summed E-state index contributed by atoms with van der Waals surface area (Å²) in [6.45, 7) is 15.0. The Bertz CT molecular complexity index is 899. The molecule has 8 heteroatoms. The number of nitrogens with zero attached hydrogens (tertiary/aromatic N) is 4. The number of hydroxylamine groups is 2. The van der Waals surface area contributed by atoms with E-state index in [1.807, 2.05) is 19.1 Å². The molecule has 1 amide bonds. The molecule has 0 unspecified atom stereocenters. The van der Waals surface area contributed by atoms with Crippen LogP contribution in [0.3, 0.4) is 0 Å². The lowest BCUT2D eigenvalue weighted by Crippen LogP contribution is -2.39. The van der Waals surface area contributed by atoms with E-state index in [4.69, 9.17) is 4.84 Å². The van der Waals surface area contributed by atoms with Gasteiger partial charge in [-0.25, -0.2) is 5.01 Å². The van der Waals surface area contributed by atoms with Crippen molar-refractivity contribution in [1.29, 1.82) is 0 Å². The van der Waals surface area contributed by atoms with E-state index in [2.05, 4.69) is 30.2 Å². The van der Waals surface area contributed by atoms with E-state index in [1.165, 1.54) is 4.90 Å². The van der Waals surface area contributed by atoms with E-state index in [1.54, 1.807) is 43.1 Å². The van der Waals surface area contributed by atoms with Gasteiger partial charge in [0.05, 0.1) is 24.4 Å². The highest BCUT2D eigenvalue weighted by Crippen LogP contribution is 2.24. The first-order valence-corrected chi connectivity index (χ1v) is 10.6. The topological polar surface area (TPSA) is 88.8 Å². The van der Waals surface area contributed by atoms with Crippen LogP contribution in [0, 0.1) is 11.8 Å². The minimum Gasteiger partial charge on any atom is -0.389 e. The van der Waals surface area contributed by atoms with Gasteiger partial charge in [0.15, 0.2) is 0 Å². The number of aliphatic hydroxyl groups is 2. The second-order valence-corrected chi connectivity index (χ2v) is 8.50. The van der Waals surface area contributed by atoms with Gasteiger partial charge < -0.3 is 15.1 Å². The van der Waals surface area contributed by atoms with Crippen LogP contribution in [-0.2, 0) is 9.63 Å². The zero-order valence-corrected chi connectivity index (χ0v) is 19.5. The number of rotatable bonds is 10. The van der Waals surface area contributed by atoms with Crippen LogP contribution < -0.4 is 5.01 Å². The van der Waals surface area contributed by atoms with Crippen molar-refractivity contribution >= 4 is 18.3 Å². The Balaban J connectivity index is 2.11. The predicted octanol–water partition coefficient (Wildman–Crippen LogP) is 1.98. The largest absolute Gasteiger partial charge is 0.389 e. The van der Waals surface area contributed by atoms with Crippen LogP contribution in [0.25, 0.3) is 0 Å². The molecule has 1 heterocycles. The van der Waals surface area contributed by atoms with Crippen molar-refractivity contribution in [3.8, 4) is 11.8 Å². The lowest BCUT2D eigenvalue weighted by atomic mass is 10.0. The summed E-state index contributed by atoms with van der Waals surface area (Å²) in [5.74, 6) is 5.25. The molecule has 0 bridgehead atoms. The summed E-state index contributed by atoms with van der Waals surface area (Å²) in [4.78, 5) is 19.2. The number of hydrogen-bond acceptors (Lipinski definition) is 7. The predicted molar refractivity (Wildman–Crippen MR) is 126 cm³/mol. The Morgan fingerprint density at radius 3 is 2.72 bits per heavy atom. The molecule has 1 saturated heterocycles. The molecule has 1 aromatic rings. The highest BCUT2D eigenvalue weighted by molar-refractivity contribution is 5.90. The Kier molecular flexibility index (Phi) is 8.58. The highest BCUT2D eigenvalue weighted by Gasteiger charge is 2.42. The van der Waals surface area contributed by atoms with Crippen molar-refractivity contribution in [3.05, 3.63) is 42.1 Å². The Hall–Kier alpha value is -2.70. The number of carbonyl (C=O) groups is 1. The summed E-state index contributed by atoms with van der Waals surface area (Å²) in [7, 11) is 1.65. The van der Waals surface area contributed by atoms with E-state index in [0.717, 1.165) is 0 Å². The summed E-state index contributed by atoms with van der Waals surface area (Å²) in [6.07, 6.45) is 0.818. The van der Waals surface area contributed by atoms with Gasteiger partial charge in [0.2, 0.25) is 5.60 Å². The zero-order chi connectivity index (χ0) is 23.9. The molecule has 1 aliphatic heterocycles. The Morgan fingerprint density at radius 2 is 2.16 bits per heavy atom. The van der Waals surface area contributed by atoms with Gasteiger partial charge >= 0.3 is 0 Å². The Morgan fingerprint density at radius 1 is 1.44 bits per heavy atom. The van der Waals surface area contributed by atoms with Gasteiger partial charge in [0.25, 0.3) is 5.91 Å². The minimum atomic E-state index is -1.64. The number of hydrogen-bond donors (Lipinski definition) is 2. The van der Waals surface area contributed by atoms with Crippen molar-refractivity contribution in [2.75, 3.05) is 38.3 Å². The molecule has 8 nitrogen and oxygen atoms in total. The van der Waals surface area contributed by atoms with Gasteiger partial charge in [0, 0.05) is 51.0 Å². The third kappa shape index (κ3) is 6.90. The van der Waals surface area contributed by atoms with Crippen LogP contribution in [0.1, 0.15) is 39.2 Å². The van der Waals surface area contributed by atoms with E-state index in [9.17, 15) is 15.0 Å². The molecule has 1 atom stereocenters. The number of amides is 1. The first kappa shape index (κ1) is 25.6. The number of benzene rings is 1. The summed E-state index contributed by atoms with van der Waals surface area (Å²) in [5.41, 5.74) is -0.494. The minimum absolute atomic E-state index is 0.285. The molecule has 1 aliphatic rings. The fourth-order valence-corrected chi connectivity index (χ4v) is 3.39. The monoisotopic (exact) mass is 442 g/mol. The molecule has 1 fully saturated rings. The zero-order valence-electron chi connectivity index (χ0n) is 19.5. The smallest absolute Gasteiger partial charge is 0.267 e. The number of likely N-dealkylation sites (tertiary alicyclic amines) is 1. The summed E-state index contributed by atoms with van der Waals surface area (Å²) < 4.78 is 0. The normalized spacial score (nSPS) is 18.5.